The minimum Gasteiger partial charge on any atom is -0.497 e. The van der Waals surface area contributed by atoms with Crippen molar-refractivity contribution < 1.29 is 9.53 Å². The molecule has 0 saturated carbocycles. The standard InChI is InChI=1S/C18H23N3O2.ClH/c1-12-16(18(22)20-11-13-4-3-7-19-10-13)8-14-5-6-15(23-2)9-17(14)21-12;/h5-6,8-9,13,19H,3-4,7,10-11H2,1-2H3,(H,20,22);1H. The normalized spacial score (nSPS) is 17.2. The van der Waals surface area contributed by atoms with Gasteiger partial charge in [0.25, 0.3) is 5.91 Å². The number of aromatic nitrogens is 1. The summed E-state index contributed by atoms with van der Waals surface area (Å²) in [6, 6.07) is 7.61. The van der Waals surface area contributed by atoms with Gasteiger partial charge in [0, 0.05) is 18.0 Å². The van der Waals surface area contributed by atoms with Crippen LogP contribution in [0.1, 0.15) is 28.9 Å². The van der Waals surface area contributed by atoms with Crippen molar-refractivity contribution in [2.45, 2.75) is 19.8 Å². The predicted molar refractivity (Wildman–Crippen MR) is 98.2 cm³/mol. The molecule has 1 aliphatic heterocycles. The molecule has 2 aromatic rings. The maximum atomic E-state index is 12.5. The smallest absolute Gasteiger partial charge is 0.253 e. The summed E-state index contributed by atoms with van der Waals surface area (Å²) in [5, 5.41) is 7.37. The Morgan fingerprint density at radius 1 is 1.42 bits per heavy atom. The number of carbonyl (C=O) groups is 1. The summed E-state index contributed by atoms with van der Waals surface area (Å²) in [6.07, 6.45) is 2.35. The molecule has 1 unspecified atom stereocenters. The van der Waals surface area contributed by atoms with Crippen LogP contribution in [0.3, 0.4) is 0 Å². The average Bonchev–Trinajstić information content (AvgIpc) is 2.59. The Balaban J connectivity index is 0.00000208. The Labute approximate surface area is 148 Å². The van der Waals surface area contributed by atoms with Crippen molar-refractivity contribution >= 4 is 29.2 Å². The molecular formula is C18H24ClN3O2. The number of rotatable bonds is 4. The highest BCUT2D eigenvalue weighted by molar-refractivity contribution is 5.98. The van der Waals surface area contributed by atoms with Gasteiger partial charge in [-0.25, -0.2) is 0 Å². The van der Waals surface area contributed by atoms with Gasteiger partial charge in [0.2, 0.25) is 0 Å². The van der Waals surface area contributed by atoms with Crippen LogP contribution >= 0.6 is 12.4 Å². The van der Waals surface area contributed by atoms with E-state index in [1.54, 1.807) is 7.11 Å². The fraction of sp³-hybridized carbons (Fsp3) is 0.444. The number of hydrogen-bond donors (Lipinski definition) is 2. The molecule has 3 rings (SSSR count). The summed E-state index contributed by atoms with van der Waals surface area (Å²) < 4.78 is 5.22. The van der Waals surface area contributed by atoms with Crippen molar-refractivity contribution in [2.24, 2.45) is 5.92 Å². The van der Waals surface area contributed by atoms with Gasteiger partial charge in [-0.1, -0.05) is 0 Å². The van der Waals surface area contributed by atoms with Gasteiger partial charge in [0.1, 0.15) is 5.75 Å². The molecule has 1 amide bonds. The van der Waals surface area contributed by atoms with Crippen LogP contribution in [0, 0.1) is 12.8 Å². The summed E-state index contributed by atoms with van der Waals surface area (Å²) in [6.45, 7) is 4.65. The SMILES string of the molecule is COc1ccc2cc(C(=O)NCC3CCCNC3)c(C)nc2c1.Cl. The number of hydrogen-bond acceptors (Lipinski definition) is 4. The van der Waals surface area contributed by atoms with Crippen LogP contribution in [0.2, 0.25) is 0 Å². The van der Waals surface area contributed by atoms with E-state index in [4.69, 9.17) is 4.74 Å². The number of fused-ring (bicyclic) bond motifs is 1. The second-order valence-corrected chi connectivity index (χ2v) is 6.10. The van der Waals surface area contributed by atoms with E-state index in [0.29, 0.717) is 18.0 Å². The zero-order valence-electron chi connectivity index (χ0n) is 14.1. The zero-order valence-corrected chi connectivity index (χ0v) is 14.9. The molecule has 2 heterocycles. The van der Waals surface area contributed by atoms with Crippen molar-refractivity contribution in [3.05, 3.63) is 35.5 Å². The predicted octanol–water partition coefficient (Wildman–Crippen LogP) is 2.70. The van der Waals surface area contributed by atoms with Crippen LogP contribution < -0.4 is 15.4 Å². The highest BCUT2D eigenvalue weighted by atomic mass is 35.5. The molecule has 6 heteroatoms. The molecule has 0 bridgehead atoms. The van der Waals surface area contributed by atoms with Crippen LogP contribution in [0.25, 0.3) is 10.9 Å². The molecule has 0 spiro atoms. The molecule has 1 aliphatic rings. The van der Waals surface area contributed by atoms with E-state index in [0.717, 1.165) is 35.4 Å². The van der Waals surface area contributed by atoms with Crippen molar-refractivity contribution in [3.8, 4) is 5.75 Å². The number of pyridine rings is 1. The molecule has 1 aromatic carbocycles. The van der Waals surface area contributed by atoms with Crippen LogP contribution in [-0.2, 0) is 0 Å². The molecule has 0 aliphatic carbocycles. The average molecular weight is 350 g/mol. The number of carbonyl (C=O) groups excluding carboxylic acids is 1. The van der Waals surface area contributed by atoms with Crippen LogP contribution in [0.5, 0.6) is 5.75 Å². The quantitative estimate of drug-likeness (QED) is 0.890. The first kappa shape index (κ1) is 18.5. The Kier molecular flexibility index (Phi) is 6.40. The number of aryl methyl sites for hydroxylation is 1. The molecule has 1 aromatic heterocycles. The highest BCUT2D eigenvalue weighted by Gasteiger charge is 2.16. The Hall–Kier alpha value is -1.85. The fourth-order valence-electron chi connectivity index (χ4n) is 3.03. The Morgan fingerprint density at radius 3 is 2.96 bits per heavy atom. The Bertz CT molecular complexity index is 715. The molecule has 0 radical (unpaired) electrons. The molecule has 5 nitrogen and oxygen atoms in total. The van der Waals surface area contributed by atoms with Crippen LogP contribution in [0.4, 0.5) is 0 Å². The number of nitrogens with one attached hydrogen (secondary N) is 2. The van der Waals surface area contributed by atoms with E-state index >= 15 is 0 Å². The summed E-state index contributed by atoms with van der Waals surface area (Å²) in [5.74, 6) is 1.25. The van der Waals surface area contributed by atoms with E-state index in [1.807, 2.05) is 31.2 Å². The van der Waals surface area contributed by atoms with Gasteiger partial charge in [-0.2, -0.15) is 0 Å². The van der Waals surface area contributed by atoms with Gasteiger partial charge in [0.15, 0.2) is 0 Å². The van der Waals surface area contributed by atoms with Crippen molar-refractivity contribution in [1.29, 1.82) is 0 Å². The minimum atomic E-state index is -0.0432. The van der Waals surface area contributed by atoms with E-state index in [1.165, 1.54) is 12.8 Å². The van der Waals surface area contributed by atoms with Crippen molar-refractivity contribution in [2.75, 3.05) is 26.7 Å². The second-order valence-electron chi connectivity index (χ2n) is 6.10. The largest absolute Gasteiger partial charge is 0.497 e. The topological polar surface area (TPSA) is 63.2 Å². The Morgan fingerprint density at radius 2 is 2.25 bits per heavy atom. The molecule has 1 atom stereocenters. The maximum absolute atomic E-state index is 12.5. The number of ether oxygens (including phenoxy) is 1. The van der Waals surface area contributed by atoms with E-state index < -0.39 is 0 Å². The number of nitrogens with zero attached hydrogens (tertiary/aromatic N) is 1. The molecule has 1 fully saturated rings. The van der Waals surface area contributed by atoms with Gasteiger partial charge in [-0.05, 0) is 57.0 Å². The van der Waals surface area contributed by atoms with Gasteiger partial charge >= 0.3 is 0 Å². The molecule has 1 saturated heterocycles. The third-order valence-corrected chi connectivity index (χ3v) is 4.41. The summed E-state index contributed by atoms with van der Waals surface area (Å²) in [4.78, 5) is 17.0. The van der Waals surface area contributed by atoms with Gasteiger partial charge in [-0.3, -0.25) is 9.78 Å². The highest BCUT2D eigenvalue weighted by Crippen LogP contribution is 2.21. The molecule has 24 heavy (non-hydrogen) atoms. The van der Waals surface area contributed by atoms with E-state index in [-0.39, 0.29) is 18.3 Å². The maximum Gasteiger partial charge on any atom is 0.253 e. The van der Waals surface area contributed by atoms with Crippen molar-refractivity contribution in [1.82, 2.24) is 15.6 Å². The first-order valence-corrected chi connectivity index (χ1v) is 8.11. The second kappa shape index (κ2) is 8.31. The lowest BCUT2D eigenvalue weighted by molar-refractivity contribution is 0.0944. The number of benzene rings is 1. The number of piperidine rings is 1. The fourth-order valence-corrected chi connectivity index (χ4v) is 3.03. The molecular weight excluding hydrogens is 326 g/mol. The van der Waals surface area contributed by atoms with Gasteiger partial charge in [0.05, 0.1) is 23.9 Å². The lowest BCUT2D eigenvalue weighted by Gasteiger charge is -2.23. The van der Waals surface area contributed by atoms with Crippen LogP contribution in [-0.4, -0.2) is 37.6 Å². The summed E-state index contributed by atoms with van der Waals surface area (Å²) in [7, 11) is 1.63. The summed E-state index contributed by atoms with van der Waals surface area (Å²) >= 11 is 0. The first-order chi connectivity index (χ1) is 11.2. The monoisotopic (exact) mass is 349 g/mol. The van der Waals surface area contributed by atoms with Crippen LogP contribution in [0.15, 0.2) is 24.3 Å². The van der Waals surface area contributed by atoms with Crippen molar-refractivity contribution in [3.63, 3.8) is 0 Å². The minimum absolute atomic E-state index is 0. The number of amides is 1. The van der Waals surface area contributed by atoms with Gasteiger partial charge in [-0.15, -0.1) is 12.4 Å². The lowest BCUT2D eigenvalue weighted by Crippen LogP contribution is -2.38. The first-order valence-electron chi connectivity index (χ1n) is 8.11. The molecule has 2 N–H and O–H groups in total. The summed E-state index contributed by atoms with van der Waals surface area (Å²) in [5.41, 5.74) is 2.23. The van der Waals surface area contributed by atoms with Gasteiger partial charge < -0.3 is 15.4 Å². The third kappa shape index (κ3) is 4.16. The lowest BCUT2D eigenvalue weighted by atomic mass is 9.99. The third-order valence-electron chi connectivity index (χ3n) is 4.41. The van der Waals surface area contributed by atoms with E-state index in [9.17, 15) is 4.79 Å². The number of methoxy groups -OCH3 is 1. The molecule has 130 valence electrons. The zero-order chi connectivity index (χ0) is 16.2. The number of halogens is 1. The van der Waals surface area contributed by atoms with E-state index in [2.05, 4.69) is 15.6 Å².